The second-order valence-electron chi connectivity index (χ2n) is 2.86. The Labute approximate surface area is 75.1 Å². The van der Waals surface area contributed by atoms with E-state index >= 15 is 0 Å². The summed E-state index contributed by atoms with van der Waals surface area (Å²) in [5.74, 6) is 0. The van der Waals surface area contributed by atoms with Crippen LogP contribution in [0.4, 0.5) is 0 Å². The van der Waals surface area contributed by atoms with Crippen molar-refractivity contribution < 1.29 is 4.79 Å². The molecular formula is C8H10N2OS. The van der Waals surface area contributed by atoms with Crippen LogP contribution < -0.4 is 11.1 Å². The summed E-state index contributed by atoms with van der Waals surface area (Å²) in [6, 6.07) is 0.232. The first kappa shape index (κ1) is 7.89. The van der Waals surface area contributed by atoms with Gasteiger partial charge < -0.3 is 10.5 Å². The van der Waals surface area contributed by atoms with Gasteiger partial charge >= 0.3 is 0 Å². The van der Waals surface area contributed by atoms with E-state index in [-0.39, 0.29) is 16.7 Å². The summed E-state index contributed by atoms with van der Waals surface area (Å²) < 4.78 is 0. The molecule has 0 bridgehead atoms. The van der Waals surface area contributed by atoms with Crippen LogP contribution in [0.1, 0.15) is 0 Å². The van der Waals surface area contributed by atoms with Crippen molar-refractivity contribution in [2.75, 3.05) is 0 Å². The molecule has 3 unspecified atom stereocenters. The van der Waals surface area contributed by atoms with Crippen molar-refractivity contribution >= 4 is 18.0 Å². The third-order valence-corrected chi connectivity index (χ3v) is 3.43. The third-order valence-electron chi connectivity index (χ3n) is 2.04. The molecule has 3 nitrogen and oxygen atoms in total. The van der Waals surface area contributed by atoms with Gasteiger partial charge in [-0.3, -0.25) is 5.32 Å². The standard InChI is InChI=1S/C8H10N2OS/c9-5-2-1-3-6-8(5)12-7(4-11)10-6/h1-4,6-8,10H,9H2. The molecule has 12 heavy (non-hydrogen) atoms. The molecule has 0 spiro atoms. The molecule has 1 saturated heterocycles. The van der Waals surface area contributed by atoms with E-state index in [9.17, 15) is 4.79 Å². The minimum absolute atomic E-state index is 0.102. The van der Waals surface area contributed by atoms with E-state index in [1.807, 2.05) is 18.2 Å². The highest BCUT2D eigenvalue weighted by Gasteiger charge is 2.34. The number of rotatable bonds is 1. The molecule has 2 rings (SSSR count). The van der Waals surface area contributed by atoms with Crippen LogP contribution in [0.5, 0.6) is 0 Å². The summed E-state index contributed by atoms with van der Waals surface area (Å²) in [6.45, 7) is 0. The summed E-state index contributed by atoms with van der Waals surface area (Å²) in [4.78, 5) is 10.5. The first-order chi connectivity index (χ1) is 5.81. The van der Waals surface area contributed by atoms with Crippen molar-refractivity contribution in [1.29, 1.82) is 0 Å². The van der Waals surface area contributed by atoms with Gasteiger partial charge in [-0.1, -0.05) is 12.2 Å². The van der Waals surface area contributed by atoms with Crippen molar-refractivity contribution in [3.05, 3.63) is 23.9 Å². The zero-order valence-corrected chi connectivity index (χ0v) is 7.25. The zero-order chi connectivity index (χ0) is 8.55. The molecule has 1 aliphatic heterocycles. The Morgan fingerprint density at radius 3 is 3.17 bits per heavy atom. The van der Waals surface area contributed by atoms with Gasteiger partial charge in [-0.2, -0.15) is 0 Å². The van der Waals surface area contributed by atoms with Crippen LogP contribution in [0, 0.1) is 0 Å². The molecule has 0 amide bonds. The third kappa shape index (κ3) is 1.17. The minimum atomic E-state index is -0.102. The van der Waals surface area contributed by atoms with E-state index in [0.29, 0.717) is 0 Å². The molecule has 2 aliphatic rings. The van der Waals surface area contributed by atoms with Crippen LogP contribution >= 0.6 is 11.8 Å². The number of carbonyl (C=O) groups excluding carboxylic acids is 1. The van der Waals surface area contributed by atoms with Gasteiger partial charge in [-0.15, -0.1) is 11.8 Å². The lowest BCUT2D eigenvalue weighted by Crippen LogP contribution is -2.35. The fourth-order valence-corrected chi connectivity index (χ4v) is 2.64. The molecule has 0 aromatic rings. The molecule has 0 aromatic heterocycles. The van der Waals surface area contributed by atoms with Gasteiger partial charge in [0.1, 0.15) is 11.7 Å². The van der Waals surface area contributed by atoms with E-state index in [4.69, 9.17) is 5.73 Å². The maximum Gasteiger partial charge on any atom is 0.147 e. The second kappa shape index (κ2) is 2.95. The van der Waals surface area contributed by atoms with Crippen molar-refractivity contribution in [1.82, 2.24) is 5.32 Å². The lowest BCUT2D eigenvalue weighted by Gasteiger charge is -2.17. The van der Waals surface area contributed by atoms with Crippen LogP contribution in [0.25, 0.3) is 0 Å². The predicted octanol–water partition coefficient (Wildman–Crippen LogP) is -0.00260. The molecule has 1 heterocycles. The Hall–Kier alpha value is -0.740. The van der Waals surface area contributed by atoms with Crippen LogP contribution in [-0.2, 0) is 4.79 Å². The summed E-state index contributed by atoms with van der Waals surface area (Å²) in [6.07, 6.45) is 6.78. The molecule has 0 aromatic carbocycles. The Morgan fingerprint density at radius 2 is 2.50 bits per heavy atom. The van der Waals surface area contributed by atoms with Gasteiger partial charge in [0, 0.05) is 11.7 Å². The van der Waals surface area contributed by atoms with E-state index in [2.05, 4.69) is 5.32 Å². The monoisotopic (exact) mass is 182 g/mol. The molecule has 1 aliphatic carbocycles. The highest BCUT2D eigenvalue weighted by atomic mass is 32.2. The number of hydrogen-bond donors (Lipinski definition) is 2. The lowest BCUT2D eigenvalue weighted by molar-refractivity contribution is -0.107. The second-order valence-corrected chi connectivity index (χ2v) is 4.15. The van der Waals surface area contributed by atoms with Crippen LogP contribution in [0.3, 0.4) is 0 Å². The van der Waals surface area contributed by atoms with E-state index in [0.717, 1.165) is 12.0 Å². The maximum atomic E-state index is 10.5. The maximum absolute atomic E-state index is 10.5. The van der Waals surface area contributed by atoms with Crippen LogP contribution in [0.15, 0.2) is 23.9 Å². The number of allylic oxidation sites excluding steroid dienone is 2. The average molecular weight is 182 g/mol. The summed E-state index contributed by atoms with van der Waals surface area (Å²) in [7, 11) is 0. The van der Waals surface area contributed by atoms with E-state index in [1.54, 1.807) is 11.8 Å². The Morgan fingerprint density at radius 1 is 1.67 bits per heavy atom. The van der Waals surface area contributed by atoms with Crippen LogP contribution in [-0.4, -0.2) is 23.0 Å². The van der Waals surface area contributed by atoms with Crippen molar-refractivity contribution in [3.63, 3.8) is 0 Å². The summed E-state index contributed by atoms with van der Waals surface area (Å²) >= 11 is 1.58. The highest BCUT2D eigenvalue weighted by molar-refractivity contribution is 8.01. The Kier molecular flexibility index (Phi) is 1.94. The van der Waals surface area contributed by atoms with Gasteiger partial charge in [0.05, 0.1) is 5.25 Å². The minimum Gasteiger partial charge on any atom is -0.401 e. The van der Waals surface area contributed by atoms with Crippen molar-refractivity contribution in [2.45, 2.75) is 16.7 Å². The fraction of sp³-hybridized carbons (Fsp3) is 0.375. The lowest BCUT2D eigenvalue weighted by atomic mass is 10.1. The molecule has 3 N–H and O–H groups in total. The van der Waals surface area contributed by atoms with Crippen molar-refractivity contribution in [2.24, 2.45) is 5.73 Å². The topological polar surface area (TPSA) is 55.1 Å². The Bertz CT molecular complexity index is 262. The molecule has 64 valence electrons. The average Bonchev–Trinajstić information content (AvgIpc) is 2.49. The number of hydrogen-bond acceptors (Lipinski definition) is 4. The Balaban J connectivity index is 2.17. The predicted molar refractivity (Wildman–Crippen MR) is 49.6 cm³/mol. The van der Waals surface area contributed by atoms with Gasteiger partial charge in [0.15, 0.2) is 0 Å². The fourth-order valence-electron chi connectivity index (χ4n) is 1.45. The van der Waals surface area contributed by atoms with Crippen molar-refractivity contribution in [3.8, 4) is 0 Å². The molecule has 4 heteroatoms. The zero-order valence-electron chi connectivity index (χ0n) is 6.44. The molecular weight excluding hydrogens is 172 g/mol. The normalized spacial score (nSPS) is 39.0. The van der Waals surface area contributed by atoms with Gasteiger partial charge in [0.25, 0.3) is 0 Å². The van der Waals surface area contributed by atoms with Gasteiger partial charge in [-0.25, -0.2) is 0 Å². The number of fused-ring (bicyclic) bond motifs is 1. The summed E-state index contributed by atoms with van der Waals surface area (Å²) in [5.41, 5.74) is 6.62. The summed E-state index contributed by atoms with van der Waals surface area (Å²) in [5, 5.41) is 3.30. The molecule has 0 saturated carbocycles. The first-order valence-electron chi connectivity index (χ1n) is 3.82. The number of aldehydes is 1. The van der Waals surface area contributed by atoms with Gasteiger partial charge in [-0.05, 0) is 6.08 Å². The largest absolute Gasteiger partial charge is 0.401 e. The SMILES string of the molecule is NC1=CC=CC2NC(C=O)SC12. The number of thioether (sulfide) groups is 1. The van der Waals surface area contributed by atoms with E-state index in [1.165, 1.54) is 0 Å². The van der Waals surface area contributed by atoms with Crippen LogP contribution in [0.2, 0.25) is 0 Å². The van der Waals surface area contributed by atoms with Gasteiger partial charge in [0.2, 0.25) is 0 Å². The molecule has 0 radical (unpaired) electrons. The molecule has 1 fully saturated rings. The first-order valence-corrected chi connectivity index (χ1v) is 4.76. The van der Waals surface area contributed by atoms with E-state index < -0.39 is 0 Å². The smallest absolute Gasteiger partial charge is 0.147 e. The number of nitrogens with two attached hydrogens (primary N) is 1. The molecule has 3 atom stereocenters. The number of nitrogens with one attached hydrogen (secondary N) is 1. The number of carbonyl (C=O) groups is 1. The quantitative estimate of drug-likeness (QED) is 0.560. The highest BCUT2D eigenvalue weighted by Crippen LogP contribution is 2.32.